The molecule has 0 unspecified atom stereocenters. The van der Waals surface area contributed by atoms with E-state index >= 15 is 0 Å². The number of allylic oxidation sites excluding steroid dienone is 2. The van der Waals surface area contributed by atoms with Crippen LogP contribution in [0.25, 0.3) is 6.08 Å². The Balaban J connectivity index is 1.56. The Morgan fingerprint density at radius 2 is 1.90 bits per heavy atom. The van der Waals surface area contributed by atoms with Crippen molar-refractivity contribution in [2.75, 3.05) is 19.0 Å². The lowest BCUT2D eigenvalue weighted by atomic mass is 10.2. The molecule has 1 heterocycles. The minimum atomic E-state index is -0.212. The first kappa shape index (κ1) is 20.8. The van der Waals surface area contributed by atoms with E-state index < -0.39 is 0 Å². The Morgan fingerprint density at radius 1 is 1.17 bits per heavy atom. The van der Waals surface area contributed by atoms with Crippen LogP contribution in [0.1, 0.15) is 12.0 Å². The number of benzene rings is 2. The number of methoxy groups -OCH3 is 1. The van der Waals surface area contributed by atoms with E-state index in [-0.39, 0.29) is 24.8 Å². The third kappa shape index (κ3) is 5.56. The molecule has 1 fully saturated rings. The van der Waals surface area contributed by atoms with Gasteiger partial charge in [-0.3, -0.25) is 14.5 Å². The van der Waals surface area contributed by atoms with E-state index in [0.717, 1.165) is 5.56 Å². The lowest BCUT2D eigenvalue weighted by Gasteiger charge is -2.14. The van der Waals surface area contributed by atoms with Crippen molar-refractivity contribution in [3.05, 3.63) is 77.2 Å². The Morgan fingerprint density at radius 3 is 2.66 bits per heavy atom. The topological polar surface area (TPSA) is 58.6 Å². The van der Waals surface area contributed by atoms with Gasteiger partial charge < -0.3 is 10.1 Å². The molecule has 0 aliphatic carbocycles. The number of nitrogens with zero attached hydrogens (tertiary/aromatic N) is 1. The molecule has 0 spiro atoms. The van der Waals surface area contributed by atoms with Crippen molar-refractivity contribution in [2.24, 2.45) is 0 Å². The molecule has 0 atom stereocenters. The summed E-state index contributed by atoms with van der Waals surface area (Å²) in [5.74, 6) is 0.193. The highest BCUT2D eigenvalue weighted by atomic mass is 32.2. The summed E-state index contributed by atoms with van der Waals surface area (Å²) in [6.45, 7) is 0.228. The van der Waals surface area contributed by atoms with Gasteiger partial charge in [0.15, 0.2) is 0 Å². The van der Waals surface area contributed by atoms with Crippen molar-refractivity contribution < 1.29 is 14.3 Å². The van der Waals surface area contributed by atoms with Crippen molar-refractivity contribution >= 4 is 51.9 Å². The van der Waals surface area contributed by atoms with E-state index in [1.165, 1.54) is 16.7 Å². The molecule has 1 saturated heterocycles. The van der Waals surface area contributed by atoms with Crippen molar-refractivity contribution in [3.8, 4) is 5.75 Å². The zero-order valence-electron chi connectivity index (χ0n) is 15.8. The van der Waals surface area contributed by atoms with Gasteiger partial charge in [-0.2, -0.15) is 0 Å². The molecule has 0 aromatic heterocycles. The average Bonchev–Trinajstić information content (AvgIpc) is 3.00. The predicted molar refractivity (Wildman–Crippen MR) is 122 cm³/mol. The van der Waals surface area contributed by atoms with Gasteiger partial charge in [0.25, 0.3) is 5.91 Å². The van der Waals surface area contributed by atoms with Crippen LogP contribution in [-0.2, 0) is 9.59 Å². The lowest BCUT2D eigenvalue weighted by Crippen LogP contribution is -2.31. The maximum Gasteiger partial charge on any atom is 0.266 e. The summed E-state index contributed by atoms with van der Waals surface area (Å²) in [6, 6.07) is 17.0. The zero-order valence-corrected chi connectivity index (χ0v) is 17.5. The van der Waals surface area contributed by atoms with Gasteiger partial charge in [-0.25, -0.2) is 0 Å². The first-order valence-electron chi connectivity index (χ1n) is 8.98. The normalized spacial score (nSPS) is 15.3. The molecule has 148 valence electrons. The third-order valence-corrected chi connectivity index (χ3v) is 5.55. The molecule has 7 heteroatoms. The number of carbonyl (C=O) groups is 2. The molecule has 0 radical (unpaired) electrons. The van der Waals surface area contributed by atoms with Gasteiger partial charge in [-0.1, -0.05) is 78.6 Å². The van der Waals surface area contributed by atoms with E-state index in [1.807, 2.05) is 54.6 Å². The number of rotatable bonds is 7. The number of thiocarbonyl (C=S) groups is 1. The number of hydrogen-bond donors (Lipinski definition) is 1. The summed E-state index contributed by atoms with van der Waals surface area (Å²) in [5, 5.41) is 2.80. The van der Waals surface area contributed by atoms with E-state index in [9.17, 15) is 9.59 Å². The first-order valence-corrected chi connectivity index (χ1v) is 10.2. The van der Waals surface area contributed by atoms with Crippen LogP contribution in [0.2, 0.25) is 0 Å². The van der Waals surface area contributed by atoms with Gasteiger partial charge in [0.2, 0.25) is 5.91 Å². The van der Waals surface area contributed by atoms with Crippen LogP contribution < -0.4 is 10.1 Å². The minimum Gasteiger partial charge on any atom is -0.495 e. The molecule has 3 rings (SSSR count). The number of thioether (sulfide) groups is 1. The van der Waals surface area contributed by atoms with Crippen LogP contribution in [0.5, 0.6) is 5.75 Å². The molecule has 2 aromatic rings. The Labute approximate surface area is 179 Å². The van der Waals surface area contributed by atoms with Crippen molar-refractivity contribution in [1.82, 2.24) is 4.90 Å². The van der Waals surface area contributed by atoms with Crippen LogP contribution in [0, 0.1) is 0 Å². The largest absolute Gasteiger partial charge is 0.495 e. The predicted octanol–water partition coefficient (Wildman–Crippen LogP) is 4.48. The number of nitrogens with one attached hydrogen (secondary N) is 1. The van der Waals surface area contributed by atoms with Gasteiger partial charge in [0, 0.05) is 13.0 Å². The number of ether oxygens (including phenoxy) is 1. The fourth-order valence-corrected chi connectivity index (χ4v) is 3.95. The second-order valence-electron chi connectivity index (χ2n) is 6.12. The molecule has 2 amide bonds. The molecule has 2 aromatic carbocycles. The highest BCUT2D eigenvalue weighted by Crippen LogP contribution is 2.31. The quantitative estimate of drug-likeness (QED) is 0.525. The lowest BCUT2D eigenvalue weighted by molar-refractivity contribution is -0.122. The monoisotopic (exact) mass is 424 g/mol. The number of anilines is 1. The molecule has 1 N–H and O–H groups in total. The maximum absolute atomic E-state index is 12.6. The molecule has 0 bridgehead atoms. The highest BCUT2D eigenvalue weighted by Gasteiger charge is 2.31. The number of para-hydroxylation sites is 2. The van der Waals surface area contributed by atoms with Crippen molar-refractivity contribution in [2.45, 2.75) is 6.42 Å². The number of hydrogen-bond acceptors (Lipinski definition) is 5. The van der Waals surface area contributed by atoms with Gasteiger partial charge in [-0.05, 0) is 23.8 Å². The molecule has 29 heavy (non-hydrogen) atoms. The highest BCUT2D eigenvalue weighted by molar-refractivity contribution is 8.26. The van der Waals surface area contributed by atoms with Gasteiger partial charge in [-0.15, -0.1) is 0 Å². The second kappa shape index (κ2) is 10.0. The van der Waals surface area contributed by atoms with Crippen LogP contribution in [0.15, 0.2) is 71.7 Å². The SMILES string of the molecule is COc1ccccc1NC(=O)CCN1C(=O)/C(=C/C=C/c2ccccc2)SC1=S. The molecular formula is C22H20N2O3S2. The fraction of sp³-hybridized carbons (Fsp3) is 0.136. The van der Waals surface area contributed by atoms with E-state index in [1.54, 1.807) is 25.3 Å². The van der Waals surface area contributed by atoms with Crippen LogP contribution >= 0.6 is 24.0 Å². The molecule has 1 aliphatic heterocycles. The van der Waals surface area contributed by atoms with Crippen LogP contribution in [0.3, 0.4) is 0 Å². The molecule has 1 aliphatic rings. The van der Waals surface area contributed by atoms with Crippen molar-refractivity contribution in [3.63, 3.8) is 0 Å². The maximum atomic E-state index is 12.6. The van der Waals surface area contributed by atoms with Crippen LogP contribution in [-0.4, -0.2) is 34.7 Å². The minimum absolute atomic E-state index is 0.137. The molecule has 0 saturated carbocycles. The Hall–Kier alpha value is -2.90. The summed E-state index contributed by atoms with van der Waals surface area (Å²) in [6.07, 6.45) is 5.64. The first-order chi connectivity index (χ1) is 14.1. The summed E-state index contributed by atoms with van der Waals surface area (Å²) < 4.78 is 5.68. The van der Waals surface area contributed by atoms with Gasteiger partial charge in [0.05, 0.1) is 17.7 Å². The summed E-state index contributed by atoms with van der Waals surface area (Å²) in [5.41, 5.74) is 1.64. The summed E-state index contributed by atoms with van der Waals surface area (Å²) in [4.78, 5) is 26.9. The fourth-order valence-electron chi connectivity index (χ4n) is 2.69. The Bertz CT molecular complexity index is 971. The van der Waals surface area contributed by atoms with Crippen molar-refractivity contribution in [1.29, 1.82) is 0 Å². The van der Waals surface area contributed by atoms with E-state index in [0.29, 0.717) is 20.7 Å². The van der Waals surface area contributed by atoms with E-state index in [2.05, 4.69) is 5.32 Å². The molecular weight excluding hydrogens is 404 g/mol. The Kier molecular flexibility index (Phi) is 7.21. The second-order valence-corrected chi connectivity index (χ2v) is 7.80. The van der Waals surface area contributed by atoms with E-state index in [4.69, 9.17) is 17.0 Å². The standard InChI is InChI=1S/C22H20N2O3S2/c1-27-18-12-6-5-11-17(18)23-20(25)14-15-24-21(26)19(29-22(24)28)13-7-10-16-8-3-2-4-9-16/h2-13H,14-15H2,1H3,(H,23,25)/b10-7+,19-13-. The van der Waals surface area contributed by atoms with Gasteiger partial charge >= 0.3 is 0 Å². The number of amides is 2. The molecule has 5 nitrogen and oxygen atoms in total. The van der Waals surface area contributed by atoms with Gasteiger partial charge in [0.1, 0.15) is 10.1 Å². The number of carbonyl (C=O) groups excluding carboxylic acids is 2. The summed E-state index contributed by atoms with van der Waals surface area (Å²) >= 11 is 6.56. The average molecular weight is 425 g/mol. The summed E-state index contributed by atoms with van der Waals surface area (Å²) in [7, 11) is 1.55. The third-order valence-electron chi connectivity index (χ3n) is 4.15. The zero-order chi connectivity index (χ0) is 20.6. The smallest absolute Gasteiger partial charge is 0.266 e. The van der Waals surface area contributed by atoms with Crippen LogP contribution in [0.4, 0.5) is 5.69 Å².